The number of nitrogens with zero attached hydrogens (tertiary/aromatic N) is 4. The minimum absolute atomic E-state index is 0.210. The van der Waals surface area contributed by atoms with E-state index in [0.717, 1.165) is 3.57 Å². The van der Waals surface area contributed by atoms with Crippen molar-refractivity contribution in [3.05, 3.63) is 55.3 Å². The average molecular weight is 427 g/mol. The lowest BCUT2D eigenvalue weighted by molar-refractivity contribution is -0.389. The Morgan fingerprint density at radius 1 is 1.48 bits per heavy atom. The van der Waals surface area contributed by atoms with Gasteiger partial charge in [0.15, 0.2) is 0 Å². The Morgan fingerprint density at radius 3 is 2.78 bits per heavy atom. The predicted octanol–water partition coefficient (Wildman–Crippen LogP) is 2.51. The summed E-state index contributed by atoms with van der Waals surface area (Å²) in [5, 5.41) is 18.6. The van der Waals surface area contributed by atoms with E-state index in [2.05, 4.69) is 38.2 Å². The lowest BCUT2D eigenvalue weighted by atomic mass is 10.2. The molecule has 0 saturated carbocycles. The van der Waals surface area contributed by atoms with Crippen LogP contribution >= 0.6 is 22.6 Å². The summed E-state index contributed by atoms with van der Waals surface area (Å²) in [5.41, 5.74) is 4.24. The SMILES string of the molecule is C/C(Cn1nc([N+](=O)[O-])cc1C)=N/NC(=O)c1ccccc1I. The van der Waals surface area contributed by atoms with Crippen LogP contribution in [-0.2, 0) is 6.54 Å². The van der Waals surface area contributed by atoms with Gasteiger partial charge in [0, 0.05) is 3.57 Å². The molecule has 0 spiro atoms. The van der Waals surface area contributed by atoms with Gasteiger partial charge in [-0.2, -0.15) is 9.78 Å². The van der Waals surface area contributed by atoms with Crippen molar-refractivity contribution in [2.24, 2.45) is 5.10 Å². The van der Waals surface area contributed by atoms with Crippen molar-refractivity contribution in [3.8, 4) is 0 Å². The van der Waals surface area contributed by atoms with Gasteiger partial charge in [0.05, 0.1) is 28.1 Å². The molecule has 0 atom stereocenters. The highest BCUT2D eigenvalue weighted by atomic mass is 127. The lowest BCUT2D eigenvalue weighted by Gasteiger charge is -2.04. The number of hydrazone groups is 1. The maximum absolute atomic E-state index is 12.0. The van der Waals surface area contributed by atoms with E-state index < -0.39 is 4.92 Å². The first-order chi connectivity index (χ1) is 10.9. The van der Waals surface area contributed by atoms with Crippen LogP contribution in [0.25, 0.3) is 0 Å². The van der Waals surface area contributed by atoms with E-state index in [4.69, 9.17) is 0 Å². The zero-order valence-corrected chi connectivity index (χ0v) is 14.6. The second-order valence-electron chi connectivity index (χ2n) is 4.83. The summed E-state index contributed by atoms with van der Waals surface area (Å²) >= 11 is 2.08. The molecule has 0 unspecified atom stereocenters. The number of halogens is 1. The van der Waals surface area contributed by atoms with Gasteiger partial charge in [-0.1, -0.05) is 12.1 Å². The number of carbonyl (C=O) groups excluding carboxylic acids is 1. The number of rotatable bonds is 5. The maximum Gasteiger partial charge on any atom is 0.390 e. The molecule has 2 rings (SSSR count). The molecule has 120 valence electrons. The van der Waals surface area contributed by atoms with Crippen LogP contribution in [0, 0.1) is 20.6 Å². The smallest absolute Gasteiger partial charge is 0.358 e. The third kappa shape index (κ3) is 4.34. The van der Waals surface area contributed by atoms with Crippen LogP contribution in [0.3, 0.4) is 0 Å². The van der Waals surface area contributed by atoms with Crippen molar-refractivity contribution in [2.45, 2.75) is 20.4 Å². The van der Waals surface area contributed by atoms with Crippen LogP contribution < -0.4 is 5.43 Å². The van der Waals surface area contributed by atoms with E-state index >= 15 is 0 Å². The molecule has 0 fully saturated rings. The highest BCUT2D eigenvalue weighted by Crippen LogP contribution is 2.12. The van der Waals surface area contributed by atoms with Crippen LogP contribution in [0.4, 0.5) is 5.82 Å². The first kappa shape index (κ1) is 17.1. The summed E-state index contributed by atoms with van der Waals surface area (Å²) in [5.74, 6) is -0.518. The predicted molar refractivity (Wildman–Crippen MR) is 93.4 cm³/mol. The van der Waals surface area contributed by atoms with E-state index in [0.29, 0.717) is 17.0 Å². The summed E-state index contributed by atoms with van der Waals surface area (Å²) in [6, 6.07) is 8.56. The number of nitrogens with one attached hydrogen (secondary N) is 1. The van der Waals surface area contributed by atoms with Crippen LogP contribution in [0.15, 0.2) is 35.4 Å². The van der Waals surface area contributed by atoms with Crippen LogP contribution in [0.5, 0.6) is 0 Å². The molecule has 0 saturated heterocycles. The summed E-state index contributed by atoms with van der Waals surface area (Å²) in [6.07, 6.45) is 0. The van der Waals surface area contributed by atoms with E-state index in [9.17, 15) is 14.9 Å². The number of hydrogen-bond donors (Lipinski definition) is 1. The van der Waals surface area contributed by atoms with Gasteiger partial charge in [0.2, 0.25) is 0 Å². The van der Waals surface area contributed by atoms with Gasteiger partial charge in [-0.3, -0.25) is 4.79 Å². The third-order valence-electron chi connectivity index (χ3n) is 3.00. The van der Waals surface area contributed by atoms with Crippen molar-refractivity contribution in [1.29, 1.82) is 0 Å². The highest BCUT2D eigenvalue weighted by Gasteiger charge is 2.15. The second-order valence-corrected chi connectivity index (χ2v) is 5.99. The molecule has 2 aromatic rings. The maximum atomic E-state index is 12.0. The number of nitro groups is 1. The Kier molecular flexibility index (Phi) is 5.42. The van der Waals surface area contributed by atoms with Crippen molar-refractivity contribution in [2.75, 3.05) is 0 Å². The minimum Gasteiger partial charge on any atom is -0.358 e. The molecule has 0 aliphatic rings. The standard InChI is InChI=1S/C14H14IN5O3/c1-9(8-19-10(2)7-13(18-19)20(22)23)16-17-14(21)11-5-3-4-6-12(11)15/h3-7H,8H2,1-2H3,(H,17,21)/b16-9-. The molecular formula is C14H14IN5O3. The first-order valence-corrected chi connectivity index (χ1v) is 7.73. The van der Waals surface area contributed by atoms with Crippen molar-refractivity contribution < 1.29 is 9.72 Å². The van der Waals surface area contributed by atoms with E-state index in [-0.39, 0.29) is 18.3 Å². The Labute approximate surface area is 145 Å². The quantitative estimate of drug-likeness (QED) is 0.343. The molecule has 0 aliphatic carbocycles. The largest absolute Gasteiger partial charge is 0.390 e. The fourth-order valence-electron chi connectivity index (χ4n) is 1.85. The zero-order valence-electron chi connectivity index (χ0n) is 12.5. The topological polar surface area (TPSA) is 102 Å². The van der Waals surface area contributed by atoms with E-state index in [1.165, 1.54) is 10.7 Å². The first-order valence-electron chi connectivity index (χ1n) is 6.65. The Balaban J connectivity index is 2.05. The van der Waals surface area contributed by atoms with E-state index in [1.54, 1.807) is 26.0 Å². The lowest BCUT2D eigenvalue weighted by Crippen LogP contribution is -2.21. The van der Waals surface area contributed by atoms with Crippen LogP contribution in [0.1, 0.15) is 23.0 Å². The molecule has 0 aliphatic heterocycles. The van der Waals surface area contributed by atoms with Gasteiger partial charge in [-0.25, -0.2) is 5.43 Å². The molecule has 1 N–H and O–H groups in total. The normalized spacial score (nSPS) is 11.3. The number of hydrogen-bond acceptors (Lipinski definition) is 5. The number of benzene rings is 1. The van der Waals surface area contributed by atoms with Gasteiger partial charge in [0.1, 0.15) is 6.54 Å². The Hall–Kier alpha value is -2.30. The number of aromatic nitrogens is 2. The van der Waals surface area contributed by atoms with Crippen molar-refractivity contribution in [3.63, 3.8) is 0 Å². The van der Waals surface area contributed by atoms with Gasteiger partial charge >= 0.3 is 5.82 Å². The number of amides is 1. The summed E-state index contributed by atoms with van der Waals surface area (Å²) < 4.78 is 2.30. The van der Waals surface area contributed by atoms with Gasteiger partial charge < -0.3 is 10.1 Å². The molecule has 1 aromatic heterocycles. The Bertz CT molecular complexity index is 784. The number of carbonyl (C=O) groups is 1. The van der Waals surface area contributed by atoms with Crippen LogP contribution in [0.2, 0.25) is 0 Å². The molecule has 8 nitrogen and oxygen atoms in total. The molecular weight excluding hydrogens is 413 g/mol. The summed E-state index contributed by atoms with van der Waals surface area (Å²) in [7, 11) is 0. The highest BCUT2D eigenvalue weighted by molar-refractivity contribution is 14.1. The average Bonchev–Trinajstić information content (AvgIpc) is 2.87. The molecule has 9 heteroatoms. The second kappa shape index (κ2) is 7.31. The van der Waals surface area contributed by atoms with Crippen LogP contribution in [-0.4, -0.2) is 26.3 Å². The third-order valence-corrected chi connectivity index (χ3v) is 3.94. The van der Waals surface area contributed by atoms with Gasteiger partial charge in [0.25, 0.3) is 5.91 Å². The monoisotopic (exact) mass is 427 g/mol. The summed E-state index contributed by atoms with van der Waals surface area (Å²) in [6.45, 7) is 3.69. The summed E-state index contributed by atoms with van der Waals surface area (Å²) in [4.78, 5) is 22.2. The molecule has 23 heavy (non-hydrogen) atoms. The number of aryl methyl sites for hydroxylation is 1. The fraction of sp³-hybridized carbons (Fsp3) is 0.214. The molecule has 1 heterocycles. The van der Waals surface area contributed by atoms with Crippen molar-refractivity contribution in [1.82, 2.24) is 15.2 Å². The minimum atomic E-state index is -0.547. The van der Waals surface area contributed by atoms with Crippen molar-refractivity contribution >= 4 is 40.0 Å². The zero-order chi connectivity index (χ0) is 17.0. The molecule has 1 aromatic carbocycles. The Morgan fingerprint density at radius 2 is 2.17 bits per heavy atom. The van der Waals surface area contributed by atoms with E-state index in [1.807, 2.05) is 12.1 Å². The molecule has 0 radical (unpaired) electrons. The van der Waals surface area contributed by atoms with Gasteiger partial charge in [-0.05, 0) is 53.5 Å². The van der Waals surface area contributed by atoms with Gasteiger partial charge in [-0.15, -0.1) is 0 Å². The molecule has 0 bridgehead atoms. The fourth-order valence-corrected chi connectivity index (χ4v) is 2.48. The molecule has 1 amide bonds.